The van der Waals surface area contributed by atoms with Gasteiger partial charge in [0, 0.05) is 12.0 Å². The van der Waals surface area contributed by atoms with Gasteiger partial charge >= 0.3 is 12.1 Å². The van der Waals surface area contributed by atoms with Crippen molar-refractivity contribution in [1.29, 1.82) is 0 Å². The van der Waals surface area contributed by atoms with E-state index in [1.54, 1.807) is 6.92 Å². The van der Waals surface area contributed by atoms with E-state index in [-0.39, 0.29) is 12.5 Å². The number of hydroxylamine groups is 1. The number of amides is 2. The molecule has 2 aromatic carbocycles. The summed E-state index contributed by atoms with van der Waals surface area (Å²) in [5, 5.41) is 11.8. The molecule has 2 aliphatic rings. The van der Waals surface area contributed by atoms with Gasteiger partial charge in [0.2, 0.25) is 0 Å². The number of nitrogens with one attached hydrogen (secondary N) is 2. The molecule has 180 valence electrons. The smallest absolute Gasteiger partial charge is 0.407 e. The van der Waals surface area contributed by atoms with Gasteiger partial charge in [0.05, 0.1) is 5.41 Å². The van der Waals surface area contributed by atoms with E-state index < -0.39 is 35.5 Å². The van der Waals surface area contributed by atoms with Crippen LogP contribution in [0, 0.1) is 5.41 Å². The minimum atomic E-state index is -1.18. The first-order valence-corrected chi connectivity index (χ1v) is 11.6. The average Bonchev–Trinajstić information content (AvgIpc) is 3.16. The van der Waals surface area contributed by atoms with Gasteiger partial charge in [0.15, 0.2) is 6.10 Å². The van der Waals surface area contributed by atoms with Crippen molar-refractivity contribution in [2.45, 2.75) is 57.6 Å². The van der Waals surface area contributed by atoms with E-state index in [2.05, 4.69) is 35.1 Å². The summed E-state index contributed by atoms with van der Waals surface area (Å²) >= 11 is 0. The third-order valence-electron chi connectivity index (χ3n) is 7.04. The van der Waals surface area contributed by atoms with Crippen LogP contribution < -0.4 is 10.8 Å². The summed E-state index contributed by atoms with van der Waals surface area (Å²) in [6, 6.07) is 15.8. The van der Waals surface area contributed by atoms with Gasteiger partial charge < -0.3 is 15.2 Å². The lowest BCUT2D eigenvalue weighted by molar-refractivity contribution is -0.163. The predicted octanol–water partition coefficient (Wildman–Crippen LogP) is 3.99. The monoisotopic (exact) mass is 466 g/mol. The zero-order chi connectivity index (χ0) is 24.3. The summed E-state index contributed by atoms with van der Waals surface area (Å²) in [6.45, 7) is 3.28. The van der Waals surface area contributed by atoms with E-state index in [9.17, 15) is 14.4 Å². The van der Waals surface area contributed by atoms with Crippen molar-refractivity contribution in [2.75, 3.05) is 6.61 Å². The first kappa shape index (κ1) is 23.8. The van der Waals surface area contributed by atoms with E-state index in [1.165, 1.54) is 6.92 Å². The van der Waals surface area contributed by atoms with Crippen molar-refractivity contribution in [1.82, 2.24) is 10.8 Å². The highest BCUT2D eigenvalue weighted by atomic mass is 16.7. The predicted molar refractivity (Wildman–Crippen MR) is 125 cm³/mol. The maximum atomic E-state index is 12.9. The fourth-order valence-electron chi connectivity index (χ4n) is 4.93. The maximum Gasteiger partial charge on any atom is 0.407 e. The number of alkyl carbamates (subject to hydrolysis) is 1. The number of carboxylic acid groups (broad SMARTS) is 1. The van der Waals surface area contributed by atoms with Crippen molar-refractivity contribution < 1.29 is 29.1 Å². The van der Waals surface area contributed by atoms with Crippen molar-refractivity contribution in [2.24, 2.45) is 5.41 Å². The normalized spacial score (nSPS) is 22.2. The van der Waals surface area contributed by atoms with Gasteiger partial charge in [-0.25, -0.2) is 15.1 Å². The molecule has 2 aliphatic carbocycles. The maximum absolute atomic E-state index is 12.9. The van der Waals surface area contributed by atoms with Crippen LogP contribution in [0.2, 0.25) is 0 Å². The van der Waals surface area contributed by atoms with E-state index in [4.69, 9.17) is 14.7 Å². The van der Waals surface area contributed by atoms with Gasteiger partial charge in [-0.15, -0.1) is 0 Å². The molecule has 0 radical (unpaired) electrons. The van der Waals surface area contributed by atoms with Crippen LogP contribution >= 0.6 is 0 Å². The lowest BCUT2D eigenvalue weighted by Crippen LogP contribution is -2.56. The number of carboxylic acids is 1. The highest BCUT2D eigenvalue weighted by Crippen LogP contribution is 2.44. The van der Waals surface area contributed by atoms with Crippen molar-refractivity contribution in [3.8, 4) is 11.1 Å². The number of aliphatic carboxylic acids is 1. The lowest BCUT2D eigenvalue weighted by atomic mass is 9.71. The average molecular weight is 467 g/mol. The van der Waals surface area contributed by atoms with E-state index in [0.29, 0.717) is 12.8 Å². The number of benzene rings is 2. The quantitative estimate of drug-likeness (QED) is 0.532. The largest absolute Gasteiger partial charge is 0.479 e. The summed E-state index contributed by atoms with van der Waals surface area (Å²) in [6.07, 6.45) is 1.09. The summed E-state index contributed by atoms with van der Waals surface area (Å²) in [7, 11) is 0. The molecule has 1 fully saturated rings. The molecule has 2 amide bonds. The van der Waals surface area contributed by atoms with Gasteiger partial charge in [-0.05, 0) is 48.9 Å². The van der Waals surface area contributed by atoms with E-state index in [1.807, 2.05) is 24.3 Å². The van der Waals surface area contributed by atoms with Crippen LogP contribution in [0.1, 0.15) is 56.6 Å². The molecule has 4 rings (SSSR count). The Bertz CT molecular complexity index is 1040. The van der Waals surface area contributed by atoms with E-state index >= 15 is 0 Å². The molecular formula is C26H30N2O6. The fourth-order valence-corrected chi connectivity index (χ4v) is 4.93. The zero-order valence-electron chi connectivity index (χ0n) is 19.4. The highest BCUT2D eigenvalue weighted by Gasteiger charge is 2.44. The standard InChI is InChI=1S/C26H30N2O6/c1-16(23(29)30)34-28-24(31)26(2)14-8-7-13-22(26)27-25(32)33-15-21-19-11-5-3-9-17(19)18-10-4-6-12-20(18)21/h3-6,9-12,16,21-22H,7-8,13-15H2,1-2H3,(H,27,32)(H,28,31)(H,29,30). The molecule has 3 N–H and O–H groups in total. The molecule has 0 spiro atoms. The first-order chi connectivity index (χ1) is 16.3. The minimum Gasteiger partial charge on any atom is -0.479 e. The molecule has 3 atom stereocenters. The van der Waals surface area contributed by atoms with Crippen LogP contribution in [0.25, 0.3) is 11.1 Å². The van der Waals surface area contributed by atoms with E-state index in [0.717, 1.165) is 35.1 Å². The molecule has 1 saturated carbocycles. The first-order valence-electron chi connectivity index (χ1n) is 11.6. The van der Waals surface area contributed by atoms with Crippen LogP contribution in [-0.2, 0) is 19.2 Å². The molecule has 0 heterocycles. The van der Waals surface area contributed by atoms with Gasteiger partial charge in [0.1, 0.15) is 6.61 Å². The van der Waals surface area contributed by atoms with Crippen molar-refractivity contribution in [3.05, 3.63) is 59.7 Å². The van der Waals surface area contributed by atoms with Crippen molar-refractivity contribution in [3.63, 3.8) is 0 Å². The van der Waals surface area contributed by atoms with Crippen LogP contribution in [-0.4, -0.2) is 41.8 Å². The van der Waals surface area contributed by atoms with Gasteiger partial charge in [0.25, 0.3) is 5.91 Å². The Balaban J connectivity index is 1.40. The summed E-state index contributed by atoms with van der Waals surface area (Å²) in [4.78, 5) is 41.6. The SMILES string of the molecule is CC(ONC(=O)C1(C)CCCCC1NC(=O)OCC1c2ccccc2-c2ccccc21)C(=O)O. The topological polar surface area (TPSA) is 114 Å². The molecule has 8 heteroatoms. The fraction of sp³-hybridized carbons (Fsp3) is 0.423. The molecule has 2 aromatic rings. The summed E-state index contributed by atoms with van der Waals surface area (Å²) in [5.41, 5.74) is 5.88. The molecule has 0 saturated heterocycles. The second-order valence-corrected chi connectivity index (χ2v) is 9.22. The summed E-state index contributed by atoms with van der Waals surface area (Å²) in [5.74, 6) is -1.68. The third-order valence-corrected chi connectivity index (χ3v) is 7.04. The van der Waals surface area contributed by atoms with Crippen LogP contribution in [0.4, 0.5) is 4.79 Å². The Labute approximate surface area is 198 Å². The number of carbonyl (C=O) groups is 3. The third kappa shape index (κ3) is 4.63. The van der Waals surface area contributed by atoms with Crippen LogP contribution in [0.5, 0.6) is 0 Å². The van der Waals surface area contributed by atoms with Crippen LogP contribution in [0.3, 0.4) is 0 Å². The van der Waals surface area contributed by atoms with Crippen molar-refractivity contribution >= 4 is 18.0 Å². The second-order valence-electron chi connectivity index (χ2n) is 9.22. The number of carbonyl (C=O) groups excluding carboxylic acids is 2. The van der Waals surface area contributed by atoms with Gasteiger partial charge in [-0.2, -0.15) is 0 Å². The van der Waals surface area contributed by atoms with Gasteiger partial charge in [-0.1, -0.05) is 61.4 Å². The lowest BCUT2D eigenvalue weighted by Gasteiger charge is -2.40. The number of fused-ring (bicyclic) bond motifs is 3. The summed E-state index contributed by atoms with van der Waals surface area (Å²) < 4.78 is 5.65. The number of rotatable bonds is 7. The zero-order valence-corrected chi connectivity index (χ0v) is 19.4. The Morgan fingerprint density at radius 3 is 2.29 bits per heavy atom. The number of hydrogen-bond donors (Lipinski definition) is 3. The molecule has 0 aromatic heterocycles. The Hall–Kier alpha value is -3.39. The Kier molecular flexibility index (Phi) is 6.88. The number of ether oxygens (including phenoxy) is 1. The minimum absolute atomic E-state index is 0.0508. The molecule has 34 heavy (non-hydrogen) atoms. The molecule has 0 bridgehead atoms. The highest BCUT2D eigenvalue weighted by molar-refractivity contribution is 5.84. The molecular weight excluding hydrogens is 436 g/mol. The Morgan fingerprint density at radius 2 is 1.68 bits per heavy atom. The second kappa shape index (κ2) is 9.85. The number of hydrogen-bond acceptors (Lipinski definition) is 5. The Morgan fingerprint density at radius 1 is 1.06 bits per heavy atom. The molecule has 0 aliphatic heterocycles. The van der Waals surface area contributed by atoms with Crippen LogP contribution in [0.15, 0.2) is 48.5 Å². The molecule has 3 unspecified atom stereocenters. The molecule has 8 nitrogen and oxygen atoms in total. The van der Waals surface area contributed by atoms with Gasteiger partial charge in [-0.3, -0.25) is 9.63 Å².